The van der Waals surface area contributed by atoms with Gasteiger partial charge in [0.25, 0.3) is 0 Å². The number of rotatable bonds is 13. The van der Waals surface area contributed by atoms with Gasteiger partial charge in [0.15, 0.2) is 0 Å². The van der Waals surface area contributed by atoms with Crippen LogP contribution in [0, 0.1) is 0 Å². The minimum atomic E-state index is -0.642. The van der Waals surface area contributed by atoms with Gasteiger partial charge in [0.05, 0.1) is 13.4 Å². The Hall–Kier alpha value is -3.32. The fourth-order valence-corrected chi connectivity index (χ4v) is 5.32. The number of hydrogen-bond donors (Lipinski definition) is 2. The zero-order valence-electron chi connectivity index (χ0n) is 22.2. The summed E-state index contributed by atoms with van der Waals surface area (Å²) >= 11 is 6.16. The van der Waals surface area contributed by atoms with Crippen molar-refractivity contribution in [1.29, 1.82) is 0 Å². The van der Waals surface area contributed by atoms with Gasteiger partial charge >= 0.3 is 0 Å². The molecule has 4 rings (SSSR count). The molecule has 2 N–H and O–H groups in total. The topological polar surface area (TPSA) is 87.3 Å². The molecule has 0 bridgehead atoms. The molecule has 7 nitrogen and oxygen atoms in total. The number of nitrogens with zero attached hydrogens (tertiary/aromatic N) is 2. The third-order valence-electron chi connectivity index (χ3n) is 7.42. The number of aryl methyl sites for hydroxylation is 1. The molecule has 1 saturated heterocycles. The fraction of sp³-hybridized carbons (Fsp3) is 0.433. The molecular weight excluding hydrogens is 500 g/mol. The van der Waals surface area contributed by atoms with Gasteiger partial charge in [-0.25, -0.2) is 4.98 Å². The molecule has 2 amide bonds. The number of carbonyl (C=O) groups is 2. The van der Waals surface area contributed by atoms with E-state index in [1.165, 1.54) is 5.56 Å². The van der Waals surface area contributed by atoms with E-state index in [2.05, 4.69) is 34.3 Å². The second-order valence-electron chi connectivity index (χ2n) is 10.2. The minimum Gasteiger partial charge on any atom is -0.497 e. The number of H-pyrrole nitrogens is 1. The maximum atomic E-state index is 13.8. The third kappa shape index (κ3) is 6.95. The molecule has 0 unspecified atom stereocenters. The van der Waals surface area contributed by atoms with Crippen molar-refractivity contribution in [1.82, 2.24) is 20.2 Å². The average Bonchev–Trinajstić information content (AvgIpc) is 3.43. The molecule has 0 radical (unpaired) electrons. The van der Waals surface area contributed by atoms with E-state index < -0.39 is 6.04 Å². The number of likely N-dealkylation sites (tertiary alicyclic amines) is 1. The Labute approximate surface area is 229 Å². The Bertz CT molecular complexity index is 1170. The number of amides is 2. The van der Waals surface area contributed by atoms with Crippen LogP contribution in [0.1, 0.15) is 55.8 Å². The number of benzene rings is 2. The number of halogens is 1. The van der Waals surface area contributed by atoms with Crippen LogP contribution in [-0.2, 0) is 27.8 Å². The lowest BCUT2D eigenvalue weighted by molar-refractivity contribution is -0.143. The summed E-state index contributed by atoms with van der Waals surface area (Å²) in [5, 5.41) is 3.73. The SMILES string of the molecule is CCCCCC1(c2ccc(Cl)cc2)CN(C(=O)[C@@H](Cc2ccc(OC)cc2)NC(=O)CCc2cnc[nH]2)C1. The first kappa shape index (κ1) is 27.7. The van der Waals surface area contributed by atoms with Crippen LogP contribution in [0.3, 0.4) is 0 Å². The normalized spacial score (nSPS) is 15.0. The summed E-state index contributed by atoms with van der Waals surface area (Å²) in [4.78, 5) is 35.6. The summed E-state index contributed by atoms with van der Waals surface area (Å²) in [6.45, 7) is 3.48. The number of aromatic nitrogens is 2. The monoisotopic (exact) mass is 536 g/mol. The predicted molar refractivity (Wildman–Crippen MR) is 149 cm³/mol. The van der Waals surface area contributed by atoms with Gasteiger partial charge in [-0.05, 0) is 48.2 Å². The highest BCUT2D eigenvalue weighted by atomic mass is 35.5. The van der Waals surface area contributed by atoms with Gasteiger partial charge in [-0.3, -0.25) is 9.59 Å². The minimum absolute atomic E-state index is 0.0456. The van der Waals surface area contributed by atoms with E-state index >= 15 is 0 Å². The fourth-order valence-electron chi connectivity index (χ4n) is 5.20. The quantitative estimate of drug-likeness (QED) is 0.298. The first-order valence-electron chi connectivity index (χ1n) is 13.4. The number of methoxy groups -OCH3 is 1. The van der Waals surface area contributed by atoms with Crippen LogP contribution in [0.25, 0.3) is 0 Å². The number of imidazole rings is 1. The molecule has 8 heteroatoms. The van der Waals surface area contributed by atoms with E-state index in [9.17, 15) is 9.59 Å². The Balaban J connectivity index is 1.47. The number of carbonyl (C=O) groups excluding carboxylic acids is 2. The standard InChI is InChI=1S/C30H37ClN4O3/c1-3-4-5-16-30(23-8-10-24(31)11-9-23)19-35(20-30)29(37)27(17-22-6-13-26(38-2)14-7-22)34-28(36)15-12-25-18-32-21-33-25/h6-11,13-14,18,21,27H,3-5,12,15-17,19-20H2,1-2H3,(H,32,33)(H,34,36)/t27-/m1/s1. The van der Waals surface area contributed by atoms with E-state index in [4.69, 9.17) is 16.3 Å². The van der Waals surface area contributed by atoms with Crippen LogP contribution in [0.15, 0.2) is 61.1 Å². The van der Waals surface area contributed by atoms with E-state index in [-0.39, 0.29) is 23.7 Å². The average molecular weight is 537 g/mol. The van der Waals surface area contributed by atoms with E-state index in [1.54, 1.807) is 19.6 Å². The van der Waals surface area contributed by atoms with Crippen LogP contribution in [0.2, 0.25) is 5.02 Å². The van der Waals surface area contributed by atoms with Crippen molar-refractivity contribution in [3.8, 4) is 5.75 Å². The number of aromatic amines is 1. The first-order valence-corrected chi connectivity index (χ1v) is 13.7. The van der Waals surface area contributed by atoms with Crippen molar-refractivity contribution in [2.24, 2.45) is 0 Å². The molecule has 2 heterocycles. The molecule has 38 heavy (non-hydrogen) atoms. The largest absolute Gasteiger partial charge is 0.497 e. The van der Waals surface area contributed by atoms with Gasteiger partial charge in [-0.1, -0.05) is 62.1 Å². The zero-order valence-corrected chi connectivity index (χ0v) is 23.0. The molecule has 0 spiro atoms. The summed E-state index contributed by atoms with van der Waals surface area (Å²) in [6, 6.07) is 15.0. The molecule has 2 aromatic carbocycles. The number of hydrogen-bond acceptors (Lipinski definition) is 4. The Morgan fingerprint density at radius 2 is 1.87 bits per heavy atom. The van der Waals surface area contributed by atoms with Gasteiger partial charge in [0.2, 0.25) is 11.8 Å². The molecule has 1 aliphatic heterocycles. The highest BCUT2D eigenvalue weighted by molar-refractivity contribution is 6.30. The zero-order chi connectivity index (χ0) is 27.0. The van der Waals surface area contributed by atoms with Gasteiger partial charge in [0, 0.05) is 48.3 Å². The second kappa shape index (κ2) is 13.0. The second-order valence-corrected chi connectivity index (χ2v) is 10.6. The lowest BCUT2D eigenvalue weighted by atomic mass is 9.70. The smallest absolute Gasteiger partial charge is 0.245 e. The van der Waals surface area contributed by atoms with E-state index in [0.717, 1.165) is 42.7 Å². The molecule has 202 valence electrons. The lowest BCUT2D eigenvalue weighted by Crippen LogP contribution is -2.64. The number of nitrogens with one attached hydrogen (secondary N) is 2. The highest BCUT2D eigenvalue weighted by Crippen LogP contribution is 2.40. The molecule has 1 atom stereocenters. The van der Waals surface area contributed by atoms with Crippen LogP contribution in [-0.4, -0.2) is 52.9 Å². The summed E-state index contributed by atoms with van der Waals surface area (Å²) in [7, 11) is 1.62. The summed E-state index contributed by atoms with van der Waals surface area (Å²) in [5.41, 5.74) is 2.99. The Kier molecular flexibility index (Phi) is 9.45. The molecule has 1 aliphatic rings. The number of ether oxygens (including phenoxy) is 1. The van der Waals surface area contributed by atoms with Gasteiger partial charge in [-0.15, -0.1) is 0 Å². The number of unbranched alkanes of at least 4 members (excludes halogenated alkanes) is 2. The van der Waals surface area contributed by atoms with Crippen molar-refractivity contribution in [3.63, 3.8) is 0 Å². The van der Waals surface area contributed by atoms with Crippen molar-refractivity contribution in [2.45, 2.75) is 63.3 Å². The molecule has 0 aliphatic carbocycles. The molecule has 0 saturated carbocycles. The van der Waals surface area contributed by atoms with Crippen LogP contribution in [0.4, 0.5) is 0 Å². The first-order chi connectivity index (χ1) is 18.4. The predicted octanol–water partition coefficient (Wildman–Crippen LogP) is 5.09. The van der Waals surface area contributed by atoms with E-state index in [0.29, 0.717) is 31.0 Å². The van der Waals surface area contributed by atoms with Crippen LogP contribution in [0.5, 0.6) is 5.75 Å². The van der Waals surface area contributed by atoms with Gasteiger partial charge < -0.3 is 19.9 Å². The lowest BCUT2D eigenvalue weighted by Gasteiger charge is -2.52. The van der Waals surface area contributed by atoms with Crippen LogP contribution < -0.4 is 10.1 Å². The van der Waals surface area contributed by atoms with Crippen molar-refractivity contribution in [3.05, 3.63) is 82.9 Å². The molecule has 3 aromatic rings. The third-order valence-corrected chi connectivity index (χ3v) is 7.67. The van der Waals surface area contributed by atoms with Crippen LogP contribution >= 0.6 is 11.6 Å². The van der Waals surface area contributed by atoms with Gasteiger partial charge in [0.1, 0.15) is 11.8 Å². The van der Waals surface area contributed by atoms with Crippen molar-refractivity contribution < 1.29 is 14.3 Å². The maximum absolute atomic E-state index is 13.8. The highest BCUT2D eigenvalue weighted by Gasteiger charge is 2.47. The molecule has 1 fully saturated rings. The Morgan fingerprint density at radius 1 is 1.13 bits per heavy atom. The summed E-state index contributed by atoms with van der Waals surface area (Å²) < 4.78 is 5.27. The van der Waals surface area contributed by atoms with Gasteiger partial charge in [-0.2, -0.15) is 0 Å². The van der Waals surface area contributed by atoms with Crippen molar-refractivity contribution >= 4 is 23.4 Å². The molecular formula is C30H37ClN4O3. The maximum Gasteiger partial charge on any atom is 0.245 e. The Morgan fingerprint density at radius 3 is 2.50 bits per heavy atom. The van der Waals surface area contributed by atoms with E-state index in [1.807, 2.05) is 41.3 Å². The van der Waals surface area contributed by atoms with Crippen molar-refractivity contribution in [2.75, 3.05) is 20.2 Å². The summed E-state index contributed by atoms with van der Waals surface area (Å²) in [5.74, 6) is 0.553. The molecule has 1 aromatic heterocycles. The summed E-state index contributed by atoms with van der Waals surface area (Å²) in [6.07, 6.45) is 8.98.